The topological polar surface area (TPSA) is 42.4 Å². The van der Waals surface area contributed by atoms with Crippen molar-refractivity contribution in [1.82, 2.24) is 9.88 Å². The third-order valence-corrected chi connectivity index (χ3v) is 4.35. The van der Waals surface area contributed by atoms with Crippen molar-refractivity contribution in [2.45, 2.75) is 18.7 Å². The van der Waals surface area contributed by atoms with E-state index in [0.717, 1.165) is 10.5 Å². The van der Waals surface area contributed by atoms with E-state index in [1.54, 1.807) is 18.3 Å². The normalized spacial score (nSPS) is 17.6. The molecule has 0 bridgehead atoms. The van der Waals surface area contributed by atoms with E-state index in [-0.39, 0.29) is 18.2 Å². The van der Waals surface area contributed by atoms with Gasteiger partial charge in [-0.15, -0.1) is 0 Å². The molecule has 1 aliphatic heterocycles. The molecule has 0 N–H and O–H groups in total. The molecule has 1 aromatic heterocycles. The van der Waals surface area contributed by atoms with Gasteiger partial charge in [0.15, 0.2) is 0 Å². The SMILES string of the molecule is O=C(c1ccccc1C(F)(F)F)N1CCC(Oc2ccc(Br)cn2)C1. The van der Waals surface area contributed by atoms with Gasteiger partial charge in [-0.1, -0.05) is 12.1 Å². The molecule has 0 radical (unpaired) electrons. The summed E-state index contributed by atoms with van der Waals surface area (Å²) in [5.74, 6) is -0.221. The number of carbonyl (C=O) groups excluding carboxylic acids is 1. The molecule has 1 fully saturated rings. The van der Waals surface area contributed by atoms with E-state index >= 15 is 0 Å². The average molecular weight is 415 g/mol. The molecule has 4 nitrogen and oxygen atoms in total. The minimum atomic E-state index is -4.57. The van der Waals surface area contributed by atoms with Crippen LogP contribution in [0.1, 0.15) is 22.3 Å². The number of alkyl halides is 3. The van der Waals surface area contributed by atoms with E-state index < -0.39 is 17.6 Å². The van der Waals surface area contributed by atoms with Crippen molar-refractivity contribution in [3.8, 4) is 5.88 Å². The van der Waals surface area contributed by atoms with Gasteiger partial charge in [-0.05, 0) is 34.1 Å². The Morgan fingerprint density at radius 3 is 2.68 bits per heavy atom. The monoisotopic (exact) mass is 414 g/mol. The van der Waals surface area contributed by atoms with Crippen molar-refractivity contribution in [3.63, 3.8) is 0 Å². The zero-order valence-electron chi connectivity index (χ0n) is 13.0. The summed E-state index contributed by atoms with van der Waals surface area (Å²) in [6, 6.07) is 8.29. The van der Waals surface area contributed by atoms with Gasteiger partial charge >= 0.3 is 6.18 Å². The quantitative estimate of drug-likeness (QED) is 0.757. The Bertz CT molecular complexity index is 765. The van der Waals surface area contributed by atoms with Crippen molar-refractivity contribution in [3.05, 3.63) is 58.2 Å². The number of hydrogen-bond acceptors (Lipinski definition) is 3. The van der Waals surface area contributed by atoms with Gasteiger partial charge in [0.1, 0.15) is 6.10 Å². The van der Waals surface area contributed by atoms with E-state index in [2.05, 4.69) is 20.9 Å². The molecule has 2 heterocycles. The first-order valence-electron chi connectivity index (χ1n) is 7.58. The van der Waals surface area contributed by atoms with E-state index in [1.165, 1.54) is 23.1 Å². The molecule has 0 saturated carbocycles. The van der Waals surface area contributed by atoms with Crippen LogP contribution in [-0.4, -0.2) is 35.0 Å². The summed E-state index contributed by atoms with van der Waals surface area (Å²) in [6.45, 7) is 0.564. The number of amides is 1. The maximum Gasteiger partial charge on any atom is 0.417 e. The molecule has 3 rings (SSSR count). The van der Waals surface area contributed by atoms with Crippen LogP contribution in [0.3, 0.4) is 0 Å². The lowest BCUT2D eigenvalue weighted by molar-refractivity contribution is -0.138. The van der Waals surface area contributed by atoms with Crippen LogP contribution in [0.15, 0.2) is 47.1 Å². The van der Waals surface area contributed by atoms with Gasteiger partial charge in [0, 0.05) is 29.7 Å². The number of benzene rings is 1. The van der Waals surface area contributed by atoms with Gasteiger partial charge in [0.2, 0.25) is 5.88 Å². The lowest BCUT2D eigenvalue weighted by atomic mass is 10.1. The second-order valence-corrected chi connectivity index (χ2v) is 6.55. The first-order valence-corrected chi connectivity index (χ1v) is 8.37. The summed E-state index contributed by atoms with van der Waals surface area (Å²) in [6.07, 6.45) is -2.73. The van der Waals surface area contributed by atoms with E-state index in [4.69, 9.17) is 4.74 Å². The van der Waals surface area contributed by atoms with Gasteiger partial charge < -0.3 is 9.64 Å². The van der Waals surface area contributed by atoms with Gasteiger partial charge in [0.05, 0.1) is 17.7 Å². The zero-order chi connectivity index (χ0) is 18.0. The fourth-order valence-corrected chi connectivity index (χ4v) is 2.93. The summed E-state index contributed by atoms with van der Waals surface area (Å²) >= 11 is 3.27. The fourth-order valence-electron chi connectivity index (χ4n) is 2.70. The second-order valence-electron chi connectivity index (χ2n) is 5.64. The zero-order valence-corrected chi connectivity index (χ0v) is 14.5. The third kappa shape index (κ3) is 4.12. The molecule has 1 unspecified atom stereocenters. The van der Waals surface area contributed by atoms with Crippen molar-refractivity contribution in [1.29, 1.82) is 0 Å². The maximum atomic E-state index is 13.1. The largest absolute Gasteiger partial charge is 0.472 e. The number of aromatic nitrogens is 1. The molecular weight excluding hydrogens is 401 g/mol. The number of carbonyl (C=O) groups is 1. The highest BCUT2D eigenvalue weighted by molar-refractivity contribution is 9.10. The average Bonchev–Trinajstić information content (AvgIpc) is 3.04. The number of nitrogens with zero attached hydrogens (tertiary/aromatic N) is 2. The van der Waals surface area contributed by atoms with Crippen LogP contribution in [0.4, 0.5) is 13.2 Å². The minimum Gasteiger partial charge on any atom is -0.472 e. The molecule has 2 aromatic rings. The molecule has 0 aliphatic carbocycles. The molecule has 1 amide bonds. The molecule has 132 valence electrons. The molecule has 0 spiro atoms. The Balaban J connectivity index is 1.70. The van der Waals surface area contributed by atoms with Crippen LogP contribution >= 0.6 is 15.9 Å². The molecule has 1 saturated heterocycles. The second kappa shape index (κ2) is 7.03. The van der Waals surface area contributed by atoms with E-state index in [9.17, 15) is 18.0 Å². The number of halogens is 4. The van der Waals surface area contributed by atoms with E-state index in [0.29, 0.717) is 18.8 Å². The molecule has 1 atom stereocenters. The van der Waals surface area contributed by atoms with Crippen LogP contribution in [0.2, 0.25) is 0 Å². The molecular formula is C17H14BrF3N2O2. The van der Waals surface area contributed by atoms with Gasteiger partial charge in [-0.25, -0.2) is 4.98 Å². The molecule has 8 heteroatoms. The number of pyridine rings is 1. The number of likely N-dealkylation sites (tertiary alicyclic amines) is 1. The Hall–Kier alpha value is -2.09. The highest BCUT2D eigenvalue weighted by Gasteiger charge is 2.37. The minimum absolute atomic E-state index is 0.225. The van der Waals surface area contributed by atoms with Crippen molar-refractivity contribution < 1.29 is 22.7 Å². The number of hydrogen-bond donors (Lipinski definition) is 0. The van der Waals surface area contributed by atoms with Crippen LogP contribution in [0.25, 0.3) is 0 Å². The smallest absolute Gasteiger partial charge is 0.417 e. The van der Waals surface area contributed by atoms with Crippen LogP contribution < -0.4 is 4.74 Å². The summed E-state index contributed by atoms with van der Waals surface area (Å²) in [5, 5.41) is 0. The number of rotatable bonds is 3. The predicted octanol–water partition coefficient (Wildman–Crippen LogP) is 4.16. The summed E-state index contributed by atoms with van der Waals surface area (Å²) < 4.78 is 45.8. The first-order chi connectivity index (χ1) is 11.8. The van der Waals surface area contributed by atoms with Crippen molar-refractivity contribution >= 4 is 21.8 Å². The Kier molecular flexibility index (Phi) is 4.99. The molecule has 1 aromatic carbocycles. The molecule has 1 aliphatic rings. The fraction of sp³-hybridized carbons (Fsp3) is 0.294. The summed E-state index contributed by atoms with van der Waals surface area (Å²) in [7, 11) is 0. The van der Waals surface area contributed by atoms with Crippen LogP contribution in [0, 0.1) is 0 Å². The van der Waals surface area contributed by atoms with Gasteiger partial charge in [0.25, 0.3) is 5.91 Å². The number of ether oxygens (including phenoxy) is 1. The highest BCUT2D eigenvalue weighted by atomic mass is 79.9. The highest BCUT2D eigenvalue weighted by Crippen LogP contribution is 2.33. The Morgan fingerprint density at radius 1 is 1.24 bits per heavy atom. The first kappa shape index (κ1) is 17.7. The predicted molar refractivity (Wildman–Crippen MR) is 88.3 cm³/mol. The lowest BCUT2D eigenvalue weighted by Crippen LogP contribution is -2.32. The summed E-state index contributed by atoms with van der Waals surface area (Å²) in [4.78, 5) is 18.0. The van der Waals surface area contributed by atoms with Gasteiger partial charge in [-0.3, -0.25) is 4.79 Å². The third-order valence-electron chi connectivity index (χ3n) is 3.88. The van der Waals surface area contributed by atoms with E-state index in [1.807, 2.05) is 0 Å². The standard InChI is InChI=1S/C17H14BrF3N2O2/c18-11-5-6-15(22-9-11)25-12-7-8-23(10-12)16(24)13-3-1-2-4-14(13)17(19,20)21/h1-6,9,12H,7-8,10H2. The summed E-state index contributed by atoms with van der Waals surface area (Å²) in [5.41, 5.74) is -1.25. The lowest BCUT2D eigenvalue weighted by Gasteiger charge is -2.19. The maximum absolute atomic E-state index is 13.1. The van der Waals surface area contributed by atoms with Crippen molar-refractivity contribution in [2.24, 2.45) is 0 Å². The van der Waals surface area contributed by atoms with Crippen LogP contribution in [-0.2, 0) is 6.18 Å². The van der Waals surface area contributed by atoms with Crippen LogP contribution in [0.5, 0.6) is 5.88 Å². The van der Waals surface area contributed by atoms with Gasteiger partial charge in [-0.2, -0.15) is 13.2 Å². The Labute approximate surface area is 150 Å². The van der Waals surface area contributed by atoms with Crippen molar-refractivity contribution in [2.75, 3.05) is 13.1 Å². The molecule has 25 heavy (non-hydrogen) atoms. The Morgan fingerprint density at radius 2 is 2.00 bits per heavy atom.